The molecule has 0 saturated carbocycles. The predicted octanol–water partition coefficient (Wildman–Crippen LogP) is 2.97. The summed E-state index contributed by atoms with van der Waals surface area (Å²) in [6, 6.07) is 6.19. The third kappa shape index (κ3) is 4.03. The Hall–Kier alpha value is -1.30. The molecule has 1 aliphatic heterocycles. The third-order valence-corrected chi connectivity index (χ3v) is 8.77. The summed E-state index contributed by atoms with van der Waals surface area (Å²) in [6.07, 6.45) is 0. The molecule has 1 fully saturated rings. The van der Waals surface area contributed by atoms with Gasteiger partial charge in [0, 0.05) is 37.3 Å². The van der Waals surface area contributed by atoms with Gasteiger partial charge in [0.2, 0.25) is 20.0 Å². The Morgan fingerprint density at radius 2 is 1.29 bits per heavy atom. The summed E-state index contributed by atoms with van der Waals surface area (Å²) in [6.45, 7) is -0.715. The predicted molar refractivity (Wildman–Crippen MR) is 100 cm³/mol. The van der Waals surface area contributed by atoms with Crippen LogP contribution in [0.3, 0.4) is 0 Å². The van der Waals surface area contributed by atoms with E-state index in [1.807, 2.05) is 0 Å². The minimum atomic E-state index is -4.23. The summed E-state index contributed by atoms with van der Waals surface area (Å²) in [4.78, 5) is -0.842. The number of piperazine rings is 1. The molecular formula is C16H14Cl2F2N2O4S2. The van der Waals surface area contributed by atoms with Gasteiger partial charge >= 0.3 is 0 Å². The van der Waals surface area contributed by atoms with Gasteiger partial charge in [0.05, 0.1) is 5.02 Å². The van der Waals surface area contributed by atoms with Crippen LogP contribution in [0.4, 0.5) is 8.78 Å². The molecule has 28 heavy (non-hydrogen) atoms. The van der Waals surface area contributed by atoms with E-state index < -0.39 is 36.6 Å². The molecule has 0 spiro atoms. The largest absolute Gasteiger partial charge is 0.246 e. The fourth-order valence-electron chi connectivity index (χ4n) is 2.79. The standard InChI is InChI=1S/C16H14Cl2F2N2O4S2/c17-11-1-3-13(18)16(9-11)28(25,26)22-7-5-21(6-8-22)27(23,24)15-4-2-12(19)10-14(15)20/h1-4,9-10H,5-8H2. The van der Waals surface area contributed by atoms with Gasteiger partial charge in [-0.2, -0.15) is 8.61 Å². The molecule has 1 aliphatic rings. The zero-order chi connectivity index (χ0) is 20.7. The molecule has 12 heteroatoms. The minimum Gasteiger partial charge on any atom is -0.207 e. The van der Waals surface area contributed by atoms with Gasteiger partial charge in [-0.25, -0.2) is 25.6 Å². The van der Waals surface area contributed by atoms with E-state index in [0.29, 0.717) is 6.07 Å². The van der Waals surface area contributed by atoms with Gasteiger partial charge in [-0.05, 0) is 30.3 Å². The average Bonchev–Trinajstić information content (AvgIpc) is 2.63. The highest BCUT2D eigenvalue weighted by Crippen LogP contribution is 2.29. The Bertz CT molecular complexity index is 1120. The molecule has 0 aliphatic carbocycles. The molecule has 0 aromatic heterocycles. The van der Waals surface area contributed by atoms with Gasteiger partial charge in [0.15, 0.2) is 0 Å². The van der Waals surface area contributed by atoms with E-state index in [1.165, 1.54) is 18.2 Å². The van der Waals surface area contributed by atoms with Crippen molar-refractivity contribution in [1.29, 1.82) is 0 Å². The van der Waals surface area contributed by atoms with Crippen LogP contribution in [0.5, 0.6) is 0 Å². The number of hydrogen-bond donors (Lipinski definition) is 0. The first-order valence-electron chi connectivity index (χ1n) is 7.94. The minimum absolute atomic E-state index is 0.00663. The van der Waals surface area contributed by atoms with Gasteiger partial charge in [-0.15, -0.1) is 0 Å². The van der Waals surface area contributed by atoms with Crippen LogP contribution >= 0.6 is 23.2 Å². The lowest BCUT2D eigenvalue weighted by molar-refractivity contribution is 0.272. The normalized spacial score (nSPS) is 17.0. The summed E-state index contributed by atoms with van der Waals surface area (Å²) in [5, 5.41) is 0.184. The van der Waals surface area contributed by atoms with Gasteiger partial charge in [-0.3, -0.25) is 0 Å². The van der Waals surface area contributed by atoms with E-state index in [9.17, 15) is 25.6 Å². The lowest BCUT2D eigenvalue weighted by Gasteiger charge is -2.33. The lowest BCUT2D eigenvalue weighted by Crippen LogP contribution is -2.50. The Kier molecular flexibility index (Phi) is 6.00. The van der Waals surface area contributed by atoms with Crippen LogP contribution in [0.15, 0.2) is 46.2 Å². The second-order valence-electron chi connectivity index (χ2n) is 5.96. The monoisotopic (exact) mass is 470 g/mol. The quantitative estimate of drug-likeness (QED) is 0.688. The Balaban J connectivity index is 1.81. The van der Waals surface area contributed by atoms with Crippen molar-refractivity contribution in [3.8, 4) is 0 Å². The Morgan fingerprint density at radius 1 is 0.750 bits per heavy atom. The molecule has 3 rings (SSSR count). The molecule has 0 amide bonds. The summed E-state index contributed by atoms with van der Waals surface area (Å²) in [7, 11) is -8.23. The molecule has 0 N–H and O–H groups in total. The maximum absolute atomic E-state index is 13.9. The second kappa shape index (κ2) is 7.85. The van der Waals surface area contributed by atoms with Gasteiger partial charge in [0.25, 0.3) is 0 Å². The van der Waals surface area contributed by atoms with Crippen LogP contribution in [0.1, 0.15) is 0 Å². The lowest BCUT2D eigenvalue weighted by atomic mass is 10.3. The maximum atomic E-state index is 13.9. The first-order valence-corrected chi connectivity index (χ1v) is 11.6. The van der Waals surface area contributed by atoms with Crippen molar-refractivity contribution in [3.05, 3.63) is 58.1 Å². The molecule has 2 aromatic carbocycles. The van der Waals surface area contributed by atoms with Crippen LogP contribution < -0.4 is 0 Å². The van der Waals surface area contributed by atoms with E-state index in [4.69, 9.17) is 23.2 Å². The van der Waals surface area contributed by atoms with Crippen LogP contribution in [0.2, 0.25) is 10.0 Å². The number of benzene rings is 2. The summed E-state index contributed by atoms with van der Waals surface area (Å²) >= 11 is 11.8. The van der Waals surface area contributed by atoms with Gasteiger partial charge < -0.3 is 0 Å². The van der Waals surface area contributed by atoms with Crippen LogP contribution in [-0.2, 0) is 20.0 Å². The fraction of sp³-hybridized carbons (Fsp3) is 0.250. The number of halogens is 4. The van der Waals surface area contributed by atoms with Crippen molar-refractivity contribution in [2.75, 3.05) is 26.2 Å². The topological polar surface area (TPSA) is 74.8 Å². The van der Waals surface area contributed by atoms with Crippen LogP contribution in [0.25, 0.3) is 0 Å². The zero-order valence-electron chi connectivity index (χ0n) is 14.1. The van der Waals surface area contributed by atoms with Crippen molar-refractivity contribution < 1.29 is 25.6 Å². The Morgan fingerprint density at radius 3 is 1.82 bits per heavy atom. The molecule has 0 radical (unpaired) electrons. The molecule has 0 unspecified atom stereocenters. The molecule has 152 valence electrons. The summed E-state index contributed by atoms with van der Waals surface area (Å²) < 4.78 is 79.8. The van der Waals surface area contributed by atoms with Gasteiger partial charge in [0.1, 0.15) is 21.4 Å². The fourth-order valence-corrected chi connectivity index (χ4v) is 6.41. The zero-order valence-corrected chi connectivity index (χ0v) is 17.3. The van der Waals surface area contributed by atoms with Crippen molar-refractivity contribution in [3.63, 3.8) is 0 Å². The molecule has 0 bridgehead atoms. The number of hydrogen-bond acceptors (Lipinski definition) is 4. The average molecular weight is 471 g/mol. The van der Waals surface area contributed by atoms with Crippen LogP contribution in [0, 0.1) is 11.6 Å². The summed E-state index contributed by atoms with van der Waals surface area (Å²) in [5.74, 6) is -2.11. The third-order valence-electron chi connectivity index (χ3n) is 4.22. The summed E-state index contributed by atoms with van der Waals surface area (Å²) in [5.41, 5.74) is 0. The highest BCUT2D eigenvalue weighted by atomic mass is 35.5. The number of sulfonamides is 2. The highest BCUT2D eigenvalue weighted by molar-refractivity contribution is 7.89. The maximum Gasteiger partial charge on any atom is 0.246 e. The smallest absolute Gasteiger partial charge is 0.207 e. The van der Waals surface area contributed by atoms with Crippen molar-refractivity contribution >= 4 is 43.2 Å². The van der Waals surface area contributed by atoms with E-state index in [2.05, 4.69) is 0 Å². The first kappa shape index (κ1) is 21.4. The van der Waals surface area contributed by atoms with Crippen molar-refractivity contribution in [2.24, 2.45) is 0 Å². The number of nitrogens with zero attached hydrogens (tertiary/aromatic N) is 2. The molecular weight excluding hydrogens is 457 g/mol. The van der Waals surface area contributed by atoms with E-state index in [0.717, 1.165) is 20.7 Å². The number of rotatable bonds is 4. The van der Waals surface area contributed by atoms with E-state index >= 15 is 0 Å². The molecule has 1 saturated heterocycles. The van der Waals surface area contributed by atoms with Crippen LogP contribution in [-0.4, -0.2) is 51.6 Å². The van der Waals surface area contributed by atoms with Crippen molar-refractivity contribution in [1.82, 2.24) is 8.61 Å². The molecule has 2 aromatic rings. The van der Waals surface area contributed by atoms with E-state index in [1.54, 1.807) is 0 Å². The first-order chi connectivity index (χ1) is 13.0. The molecule has 6 nitrogen and oxygen atoms in total. The Labute approximate surface area is 171 Å². The second-order valence-corrected chi connectivity index (χ2v) is 10.6. The SMILES string of the molecule is O=S(=O)(c1ccc(F)cc1F)N1CCN(S(=O)(=O)c2cc(Cl)ccc2Cl)CC1. The molecule has 0 atom stereocenters. The van der Waals surface area contributed by atoms with Crippen molar-refractivity contribution in [2.45, 2.75) is 9.79 Å². The molecule has 1 heterocycles. The van der Waals surface area contributed by atoms with E-state index in [-0.39, 0.29) is 41.1 Å². The highest BCUT2D eigenvalue weighted by Gasteiger charge is 2.35. The van der Waals surface area contributed by atoms with Gasteiger partial charge in [-0.1, -0.05) is 23.2 Å².